The summed E-state index contributed by atoms with van der Waals surface area (Å²) in [5, 5.41) is 5.59. The first-order valence-corrected chi connectivity index (χ1v) is 10.3. The molecule has 1 atom stereocenters. The van der Waals surface area contributed by atoms with Gasteiger partial charge < -0.3 is 10.1 Å². The molecule has 2 aromatic carbocycles. The SMILES string of the molecule is c1ccc([C@H]2CN(Cc3ccc(Nc4cc5ccccc5cn4)nc3)CCO2)cc1. The third-order valence-electron chi connectivity index (χ3n) is 5.44. The number of anilines is 2. The van der Waals surface area contributed by atoms with E-state index < -0.39 is 0 Å². The zero-order valence-electron chi connectivity index (χ0n) is 16.7. The number of aromatic nitrogens is 2. The zero-order valence-corrected chi connectivity index (χ0v) is 16.7. The molecule has 5 nitrogen and oxygen atoms in total. The van der Waals surface area contributed by atoms with Crippen molar-refractivity contribution in [3.63, 3.8) is 0 Å². The van der Waals surface area contributed by atoms with Crippen LogP contribution in [-0.4, -0.2) is 34.6 Å². The van der Waals surface area contributed by atoms with Crippen LogP contribution in [0.2, 0.25) is 0 Å². The first kappa shape index (κ1) is 18.7. The van der Waals surface area contributed by atoms with E-state index in [2.05, 4.69) is 62.6 Å². The summed E-state index contributed by atoms with van der Waals surface area (Å²) in [5.74, 6) is 1.60. The number of nitrogens with one attached hydrogen (secondary N) is 1. The molecule has 0 aliphatic carbocycles. The van der Waals surface area contributed by atoms with Crippen molar-refractivity contribution in [1.29, 1.82) is 0 Å². The second-order valence-corrected chi connectivity index (χ2v) is 7.60. The molecule has 0 radical (unpaired) electrons. The topological polar surface area (TPSA) is 50.3 Å². The molecule has 5 heteroatoms. The second kappa shape index (κ2) is 8.61. The van der Waals surface area contributed by atoms with Crippen molar-refractivity contribution in [2.24, 2.45) is 0 Å². The third kappa shape index (κ3) is 4.32. The highest BCUT2D eigenvalue weighted by Gasteiger charge is 2.21. The number of morpholine rings is 1. The van der Waals surface area contributed by atoms with E-state index in [1.807, 2.05) is 42.7 Å². The number of hydrogen-bond acceptors (Lipinski definition) is 5. The molecule has 0 spiro atoms. The molecule has 1 saturated heterocycles. The lowest BCUT2D eigenvalue weighted by atomic mass is 10.1. The molecule has 1 aliphatic heterocycles. The van der Waals surface area contributed by atoms with E-state index in [0.29, 0.717) is 0 Å². The molecule has 1 N–H and O–H groups in total. The van der Waals surface area contributed by atoms with Gasteiger partial charge in [-0.2, -0.15) is 0 Å². The minimum Gasteiger partial charge on any atom is -0.371 e. The van der Waals surface area contributed by atoms with Gasteiger partial charge in [0.05, 0.1) is 12.7 Å². The van der Waals surface area contributed by atoms with Gasteiger partial charge in [0.2, 0.25) is 0 Å². The first-order chi connectivity index (χ1) is 14.8. The van der Waals surface area contributed by atoms with Crippen LogP contribution in [-0.2, 0) is 11.3 Å². The van der Waals surface area contributed by atoms with Gasteiger partial charge in [-0.1, -0.05) is 60.7 Å². The summed E-state index contributed by atoms with van der Waals surface area (Å²) < 4.78 is 5.97. The van der Waals surface area contributed by atoms with Crippen LogP contribution in [0.3, 0.4) is 0 Å². The molecule has 0 saturated carbocycles. The fourth-order valence-corrected chi connectivity index (χ4v) is 3.85. The van der Waals surface area contributed by atoms with Crippen molar-refractivity contribution in [3.8, 4) is 0 Å². The van der Waals surface area contributed by atoms with Crippen LogP contribution in [0.1, 0.15) is 17.2 Å². The van der Waals surface area contributed by atoms with E-state index in [-0.39, 0.29) is 6.10 Å². The predicted molar refractivity (Wildman–Crippen MR) is 120 cm³/mol. The van der Waals surface area contributed by atoms with Gasteiger partial charge in [-0.05, 0) is 28.6 Å². The van der Waals surface area contributed by atoms with Gasteiger partial charge in [-0.15, -0.1) is 0 Å². The Morgan fingerprint density at radius 2 is 1.67 bits per heavy atom. The lowest BCUT2D eigenvalue weighted by Crippen LogP contribution is -2.37. The van der Waals surface area contributed by atoms with Crippen LogP contribution < -0.4 is 5.32 Å². The highest BCUT2D eigenvalue weighted by atomic mass is 16.5. The number of ether oxygens (including phenoxy) is 1. The Morgan fingerprint density at radius 3 is 2.50 bits per heavy atom. The van der Waals surface area contributed by atoms with E-state index in [1.54, 1.807) is 0 Å². The Kier molecular flexibility index (Phi) is 5.38. The summed E-state index contributed by atoms with van der Waals surface area (Å²) >= 11 is 0. The monoisotopic (exact) mass is 396 g/mol. The Bertz CT molecular complexity index is 1110. The molecule has 5 rings (SSSR count). The fourth-order valence-electron chi connectivity index (χ4n) is 3.85. The van der Waals surface area contributed by atoms with E-state index in [4.69, 9.17) is 4.74 Å². The number of benzene rings is 2. The second-order valence-electron chi connectivity index (χ2n) is 7.60. The molecule has 3 heterocycles. The summed E-state index contributed by atoms with van der Waals surface area (Å²) in [5.41, 5.74) is 2.43. The van der Waals surface area contributed by atoms with Gasteiger partial charge in [-0.25, -0.2) is 9.97 Å². The van der Waals surface area contributed by atoms with Crippen molar-refractivity contribution in [1.82, 2.24) is 14.9 Å². The van der Waals surface area contributed by atoms with Crippen molar-refractivity contribution >= 4 is 22.4 Å². The molecular formula is C25H24N4O. The quantitative estimate of drug-likeness (QED) is 0.517. The number of nitrogens with zero attached hydrogens (tertiary/aromatic N) is 3. The van der Waals surface area contributed by atoms with Crippen LogP contribution in [0.15, 0.2) is 85.2 Å². The maximum Gasteiger partial charge on any atom is 0.132 e. The van der Waals surface area contributed by atoms with Crippen molar-refractivity contribution in [2.75, 3.05) is 25.0 Å². The molecular weight excluding hydrogens is 372 g/mol. The first-order valence-electron chi connectivity index (χ1n) is 10.3. The minimum absolute atomic E-state index is 0.132. The van der Waals surface area contributed by atoms with Gasteiger partial charge >= 0.3 is 0 Å². The van der Waals surface area contributed by atoms with Gasteiger partial charge in [0.1, 0.15) is 11.6 Å². The highest BCUT2D eigenvalue weighted by molar-refractivity contribution is 5.84. The lowest BCUT2D eigenvalue weighted by molar-refractivity contribution is -0.0329. The van der Waals surface area contributed by atoms with Crippen LogP contribution in [0.25, 0.3) is 10.8 Å². The van der Waals surface area contributed by atoms with Crippen LogP contribution in [0.4, 0.5) is 11.6 Å². The number of pyridine rings is 2. The predicted octanol–water partition coefficient (Wildman–Crippen LogP) is 4.95. The van der Waals surface area contributed by atoms with E-state index in [0.717, 1.165) is 48.6 Å². The summed E-state index contributed by atoms with van der Waals surface area (Å²) in [6.07, 6.45) is 3.96. The molecule has 0 amide bonds. The molecule has 1 fully saturated rings. The number of rotatable bonds is 5. The van der Waals surface area contributed by atoms with E-state index >= 15 is 0 Å². The maximum atomic E-state index is 5.97. The fraction of sp³-hybridized carbons (Fsp3) is 0.200. The molecule has 1 aliphatic rings. The molecule has 4 aromatic rings. The van der Waals surface area contributed by atoms with Crippen LogP contribution in [0.5, 0.6) is 0 Å². The van der Waals surface area contributed by atoms with E-state index in [9.17, 15) is 0 Å². The minimum atomic E-state index is 0.132. The number of hydrogen-bond donors (Lipinski definition) is 1. The van der Waals surface area contributed by atoms with Crippen LogP contribution >= 0.6 is 0 Å². The molecule has 150 valence electrons. The van der Waals surface area contributed by atoms with Crippen molar-refractivity contribution < 1.29 is 4.74 Å². The summed E-state index contributed by atoms with van der Waals surface area (Å²) in [6, 6.07) is 24.8. The maximum absolute atomic E-state index is 5.97. The Hall–Kier alpha value is -3.28. The Labute approximate surface area is 176 Å². The van der Waals surface area contributed by atoms with Crippen molar-refractivity contribution in [3.05, 3.63) is 96.3 Å². The Morgan fingerprint density at radius 1 is 0.867 bits per heavy atom. The molecule has 0 bridgehead atoms. The van der Waals surface area contributed by atoms with Crippen LogP contribution in [0, 0.1) is 0 Å². The molecule has 0 unspecified atom stereocenters. The average Bonchev–Trinajstić information content (AvgIpc) is 2.81. The van der Waals surface area contributed by atoms with Crippen molar-refractivity contribution in [2.45, 2.75) is 12.6 Å². The number of fused-ring (bicyclic) bond motifs is 1. The summed E-state index contributed by atoms with van der Waals surface area (Å²) in [7, 11) is 0. The smallest absolute Gasteiger partial charge is 0.132 e. The largest absolute Gasteiger partial charge is 0.371 e. The van der Waals surface area contributed by atoms with Gasteiger partial charge in [0.15, 0.2) is 0 Å². The molecule has 2 aromatic heterocycles. The summed E-state index contributed by atoms with van der Waals surface area (Å²) in [4.78, 5) is 11.5. The molecule has 30 heavy (non-hydrogen) atoms. The lowest BCUT2D eigenvalue weighted by Gasteiger charge is -2.33. The third-order valence-corrected chi connectivity index (χ3v) is 5.44. The van der Waals surface area contributed by atoms with Gasteiger partial charge in [0, 0.05) is 37.4 Å². The van der Waals surface area contributed by atoms with Gasteiger partial charge in [0.25, 0.3) is 0 Å². The Balaban J connectivity index is 1.22. The van der Waals surface area contributed by atoms with E-state index in [1.165, 1.54) is 11.1 Å². The highest BCUT2D eigenvalue weighted by Crippen LogP contribution is 2.23. The standard InChI is InChI=1S/C25H24N4O/c1-2-6-20(7-3-1)23-18-29(12-13-30-23)17-19-10-11-24(26-15-19)28-25-14-21-8-4-5-9-22(21)16-27-25/h1-11,14-16,23H,12-13,17-18H2,(H,26,27,28)/t23-/m1/s1. The summed E-state index contributed by atoms with van der Waals surface area (Å²) in [6.45, 7) is 3.45. The normalized spacial score (nSPS) is 17.1. The average molecular weight is 396 g/mol. The zero-order chi connectivity index (χ0) is 20.2. The van der Waals surface area contributed by atoms with Gasteiger partial charge in [-0.3, -0.25) is 4.90 Å².